The minimum Gasteiger partial charge on any atom is -0.466 e. The summed E-state index contributed by atoms with van der Waals surface area (Å²) in [6.07, 6.45) is 2.89. The maximum atomic E-state index is 12.0. The Morgan fingerprint density at radius 1 is 1.26 bits per heavy atom. The highest BCUT2D eigenvalue weighted by Gasteiger charge is 2.21. The standard InChI is InChI=1S/C17H26O2/c1-5-8-16(17(18)19-6-2)15-10-7-9-14(12-15)11-13(3)4/h7,9-10,12-13,16H,5-6,8,11H2,1-4H3. The number of carbonyl (C=O) groups excluding carboxylic acids is 1. The minimum atomic E-state index is -0.114. The molecule has 19 heavy (non-hydrogen) atoms. The van der Waals surface area contributed by atoms with Gasteiger partial charge in [0, 0.05) is 0 Å². The van der Waals surface area contributed by atoms with Gasteiger partial charge in [-0.05, 0) is 36.8 Å². The third-order valence-corrected chi connectivity index (χ3v) is 3.15. The van der Waals surface area contributed by atoms with E-state index in [1.54, 1.807) is 0 Å². The Hall–Kier alpha value is -1.31. The molecule has 0 saturated carbocycles. The van der Waals surface area contributed by atoms with Crippen LogP contribution in [-0.2, 0) is 16.0 Å². The fraction of sp³-hybridized carbons (Fsp3) is 0.588. The van der Waals surface area contributed by atoms with Gasteiger partial charge in [-0.1, -0.05) is 51.5 Å². The molecule has 0 aromatic heterocycles. The van der Waals surface area contributed by atoms with Crippen LogP contribution in [0.25, 0.3) is 0 Å². The monoisotopic (exact) mass is 262 g/mol. The number of esters is 1. The average molecular weight is 262 g/mol. The van der Waals surface area contributed by atoms with E-state index in [1.165, 1.54) is 5.56 Å². The van der Waals surface area contributed by atoms with Gasteiger partial charge in [0.05, 0.1) is 12.5 Å². The van der Waals surface area contributed by atoms with E-state index in [0.29, 0.717) is 12.5 Å². The smallest absolute Gasteiger partial charge is 0.313 e. The Morgan fingerprint density at radius 3 is 2.58 bits per heavy atom. The Kier molecular flexibility index (Phi) is 6.61. The predicted molar refractivity (Wildman–Crippen MR) is 79.3 cm³/mol. The van der Waals surface area contributed by atoms with Crippen LogP contribution in [-0.4, -0.2) is 12.6 Å². The van der Waals surface area contributed by atoms with Gasteiger partial charge in [0.1, 0.15) is 0 Å². The van der Waals surface area contributed by atoms with Crippen LogP contribution < -0.4 is 0 Å². The predicted octanol–water partition coefficient (Wildman–Crippen LogP) is 4.33. The molecule has 0 saturated heterocycles. The summed E-state index contributed by atoms with van der Waals surface area (Å²) in [5, 5.41) is 0. The van der Waals surface area contributed by atoms with Crippen molar-refractivity contribution in [2.75, 3.05) is 6.61 Å². The van der Waals surface area contributed by atoms with Crippen molar-refractivity contribution in [3.05, 3.63) is 35.4 Å². The summed E-state index contributed by atoms with van der Waals surface area (Å²) in [7, 11) is 0. The largest absolute Gasteiger partial charge is 0.466 e. The summed E-state index contributed by atoms with van der Waals surface area (Å²) in [5.74, 6) is 0.422. The zero-order valence-electron chi connectivity index (χ0n) is 12.6. The van der Waals surface area contributed by atoms with Crippen molar-refractivity contribution in [2.24, 2.45) is 5.92 Å². The lowest BCUT2D eigenvalue weighted by Gasteiger charge is -2.16. The van der Waals surface area contributed by atoms with Crippen LogP contribution in [0.3, 0.4) is 0 Å². The molecular weight excluding hydrogens is 236 g/mol. The van der Waals surface area contributed by atoms with Crippen LogP contribution in [0.15, 0.2) is 24.3 Å². The van der Waals surface area contributed by atoms with E-state index in [-0.39, 0.29) is 11.9 Å². The molecule has 1 atom stereocenters. The first-order valence-electron chi connectivity index (χ1n) is 7.33. The molecule has 106 valence electrons. The van der Waals surface area contributed by atoms with Gasteiger partial charge >= 0.3 is 5.97 Å². The normalized spacial score (nSPS) is 12.5. The van der Waals surface area contributed by atoms with E-state index in [0.717, 1.165) is 24.8 Å². The molecule has 0 aliphatic rings. The molecule has 0 spiro atoms. The zero-order chi connectivity index (χ0) is 14.3. The van der Waals surface area contributed by atoms with Gasteiger partial charge in [-0.15, -0.1) is 0 Å². The number of benzene rings is 1. The Bertz CT molecular complexity index is 396. The molecule has 0 heterocycles. The molecular formula is C17H26O2. The Labute approximate surface area is 117 Å². The van der Waals surface area contributed by atoms with Gasteiger partial charge in [0.2, 0.25) is 0 Å². The lowest BCUT2D eigenvalue weighted by atomic mass is 9.91. The summed E-state index contributed by atoms with van der Waals surface area (Å²) in [4.78, 5) is 12.0. The number of hydrogen-bond donors (Lipinski definition) is 0. The van der Waals surface area contributed by atoms with Gasteiger partial charge in [-0.2, -0.15) is 0 Å². The second kappa shape index (κ2) is 7.98. The molecule has 0 radical (unpaired) electrons. The van der Waals surface area contributed by atoms with Crippen LogP contribution in [0.4, 0.5) is 0 Å². The summed E-state index contributed by atoms with van der Waals surface area (Å²) in [5.41, 5.74) is 2.40. The first-order chi connectivity index (χ1) is 9.08. The lowest BCUT2D eigenvalue weighted by molar-refractivity contribution is -0.145. The Morgan fingerprint density at radius 2 is 2.00 bits per heavy atom. The number of carbonyl (C=O) groups is 1. The number of hydrogen-bond acceptors (Lipinski definition) is 2. The van der Waals surface area contributed by atoms with Crippen molar-refractivity contribution in [1.29, 1.82) is 0 Å². The lowest BCUT2D eigenvalue weighted by Crippen LogP contribution is -2.16. The van der Waals surface area contributed by atoms with Crippen LogP contribution in [0, 0.1) is 5.92 Å². The highest BCUT2D eigenvalue weighted by molar-refractivity contribution is 5.78. The van der Waals surface area contributed by atoms with Crippen molar-refractivity contribution in [2.45, 2.75) is 52.9 Å². The highest BCUT2D eigenvalue weighted by Crippen LogP contribution is 2.24. The molecule has 2 nitrogen and oxygen atoms in total. The third-order valence-electron chi connectivity index (χ3n) is 3.15. The summed E-state index contributed by atoms with van der Waals surface area (Å²) >= 11 is 0. The summed E-state index contributed by atoms with van der Waals surface area (Å²) < 4.78 is 5.19. The number of ether oxygens (including phenoxy) is 1. The summed E-state index contributed by atoms with van der Waals surface area (Å²) in [6, 6.07) is 8.39. The molecule has 0 aliphatic heterocycles. The second-order valence-corrected chi connectivity index (χ2v) is 5.44. The van der Waals surface area contributed by atoms with Crippen LogP contribution in [0.1, 0.15) is 57.6 Å². The van der Waals surface area contributed by atoms with Crippen molar-refractivity contribution in [1.82, 2.24) is 0 Å². The second-order valence-electron chi connectivity index (χ2n) is 5.44. The van der Waals surface area contributed by atoms with Gasteiger partial charge in [0.15, 0.2) is 0 Å². The molecule has 1 aromatic rings. The third kappa shape index (κ3) is 5.06. The van der Waals surface area contributed by atoms with E-state index in [2.05, 4.69) is 39.0 Å². The topological polar surface area (TPSA) is 26.3 Å². The van der Waals surface area contributed by atoms with Crippen molar-refractivity contribution >= 4 is 5.97 Å². The molecule has 0 amide bonds. The average Bonchev–Trinajstić information content (AvgIpc) is 2.35. The van der Waals surface area contributed by atoms with E-state index in [9.17, 15) is 4.79 Å². The van der Waals surface area contributed by atoms with Crippen LogP contribution >= 0.6 is 0 Å². The quantitative estimate of drug-likeness (QED) is 0.684. The Balaban J connectivity index is 2.92. The van der Waals surface area contributed by atoms with Crippen molar-refractivity contribution in [3.8, 4) is 0 Å². The van der Waals surface area contributed by atoms with Crippen LogP contribution in [0.5, 0.6) is 0 Å². The molecule has 0 bridgehead atoms. The van der Waals surface area contributed by atoms with E-state index >= 15 is 0 Å². The number of rotatable bonds is 7. The fourth-order valence-corrected chi connectivity index (χ4v) is 2.36. The SMILES string of the molecule is CCCC(C(=O)OCC)c1cccc(CC(C)C)c1. The highest BCUT2D eigenvalue weighted by atomic mass is 16.5. The fourth-order valence-electron chi connectivity index (χ4n) is 2.36. The molecule has 2 heteroatoms. The molecule has 0 fully saturated rings. The summed E-state index contributed by atoms with van der Waals surface area (Å²) in [6.45, 7) is 8.83. The van der Waals surface area contributed by atoms with E-state index in [4.69, 9.17) is 4.74 Å². The van der Waals surface area contributed by atoms with Gasteiger partial charge in [0.25, 0.3) is 0 Å². The first-order valence-corrected chi connectivity index (χ1v) is 7.33. The van der Waals surface area contributed by atoms with Gasteiger partial charge in [-0.25, -0.2) is 0 Å². The van der Waals surface area contributed by atoms with Gasteiger partial charge in [-0.3, -0.25) is 4.79 Å². The molecule has 1 aromatic carbocycles. The molecule has 0 aliphatic carbocycles. The maximum Gasteiger partial charge on any atom is 0.313 e. The van der Waals surface area contributed by atoms with Gasteiger partial charge < -0.3 is 4.74 Å². The van der Waals surface area contributed by atoms with Crippen molar-refractivity contribution < 1.29 is 9.53 Å². The van der Waals surface area contributed by atoms with Crippen LogP contribution in [0.2, 0.25) is 0 Å². The molecule has 1 unspecified atom stereocenters. The zero-order valence-corrected chi connectivity index (χ0v) is 12.6. The minimum absolute atomic E-state index is 0.0916. The first kappa shape index (κ1) is 15.7. The van der Waals surface area contributed by atoms with E-state index < -0.39 is 0 Å². The van der Waals surface area contributed by atoms with E-state index in [1.807, 2.05) is 13.0 Å². The maximum absolute atomic E-state index is 12.0. The van der Waals surface area contributed by atoms with Crippen molar-refractivity contribution in [3.63, 3.8) is 0 Å². The molecule has 1 rings (SSSR count). The molecule has 0 N–H and O–H groups in total.